The fourth-order valence-corrected chi connectivity index (χ4v) is 5.17. The minimum Gasteiger partial charge on any atom is -0.480 e. The van der Waals surface area contributed by atoms with Crippen LogP contribution in [0.1, 0.15) is 94.3 Å². The molecule has 5 nitrogen and oxygen atoms in total. The van der Waals surface area contributed by atoms with Crippen LogP contribution in [0.25, 0.3) is 0 Å². The van der Waals surface area contributed by atoms with Gasteiger partial charge >= 0.3 is 5.97 Å². The maximum atomic E-state index is 12.0. The molecule has 3 N–H and O–H groups in total. The lowest BCUT2D eigenvalue weighted by Crippen LogP contribution is -2.38. The molecule has 0 saturated heterocycles. The molecule has 1 atom stereocenters. The van der Waals surface area contributed by atoms with E-state index in [-0.39, 0.29) is 5.91 Å². The predicted molar refractivity (Wildman–Crippen MR) is 143 cm³/mol. The van der Waals surface area contributed by atoms with Crippen molar-refractivity contribution in [1.29, 1.82) is 0 Å². The number of amides is 1. The van der Waals surface area contributed by atoms with Crippen molar-refractivity contribution in [1.82, 2.24) is 5.32 Å². The van der Waals surface area contributed by atoms with Gasteiger partial charge in [-0.15, -0.1) is 0 Å². The molecule has 0 aliphatic heterocycles. The van der Waals surface area contributed by atoms with Crippen molar-refractivity contribution < 1.29 is 14.7 Å². The van der Waals surface area contributed by atoms with Gasteiger partial charge in [0.05, 0.1) is 0 Å². The van der Waals surface area contributed by atoms with Crippen LogP contribution in [0, 0.1) is 0 Å². The minimum absolute atomic E-state index is 0.367. The molecular formula is C27H48N2O3Si. The zero-order valence-electron chi connectivity index (χ0n) is 21.5. The maximum absolute atomic E-state index is 12.0. The van der Waals surface area contributed by atoms with E-state index < -0.39 is 20.1 Å². The monoisotopic (exact) mass is 476 g/mol. The Balaban J connectivity index is 1.95. The summed E-state index contributed by atoms with van der Waals surface area (Å²) in [6.07, 6.45) is 16.3. The molecule has 0 fully saturated rings. The molecule has 0 unspecified atom stereocenters. The predicted octanol–water partition coefficient (Wildman–Crippen LogP) is 7.32. The largest absolute Gasteiger partial charge is 0.480 e. The van der Waals surface area contributed by atoms with Gasteiger partial charge in [0.2, 0.25) is 0 Å². The highest BCUT2D eigenvalue weighted by atomic mass is 28.3. The van der Waals surface area contributed by atoms with Gasteiger partial charge in [-0.3, -0.25) is 9.59 Å². The number of carbonyl (C=O) groups is 2. The van der Waals surface area contributed by atoms with Gasteiger partial charge in [-0.1, -0.05) is 96.3 Å². The van der Waals surface area contributed by atoms with Crippen LogP contribution in [0.4, 0.5) is 5.69 Å². The fourth-order valence-electron chi connectivity index (χ4n) is 3.86. The van der Waals surface area contributed by atoms with Crippen LogP contribution in [0.2, 0.25) is 25.7 Å². The second-order valence-corrected chi connectivity index (χ2v) is 16.2. The van der Waals surface area contributed by atoms with Crippen LogP contribution in [0.5, 0.6) is 0 Å². The van der Waals surface area contributed by atoms with Gasteiger partial charge in [0.1, 0.15) is 6.04 Å². The Hall–Kier alpha value is -1.82. The van der Waals surface area contributed by atoms with Gasteiger partial charge < -0.3 is 15.7 Å². The van der Waals surface area contributed by atoms with Crippen LogP contribution >= 0.6 is 0 Å². The Morgan fingerprint density at radius 3 is 1.70 bits per heavy atom. The van der Waals surface area contributed by atoms with Gasteiger partial charge in [0.25, 0.3) is 5.91 Å². The van der Waals surface area contributed by atoms with Gasteiger partial charge in [-0.05, 0) is 37.6 Å². The van der Waals surface area contributed by atoms with E-state index in [0.717, 1.165) is 18.7 Å². The molecule has 1 rings (SSSR count). The molecule has 6 heteroatoms. The summed E-state index contributed by atoms with van der Waals surface area (Å²) in [6, 6.07) is 7.77. The smallest absolute Gasteiger partial charge is 0.325 e. The Bertz CT molecular complexity index is 671. The van der Waals surface area contributed by atoms with Crippen molar-refractivity contribution in [2.24, 2.45) is 0 Å². The molecular weight excluding hydrogens is 428 g/mol. The Morgan fingerprint density at radius 2 is 1.24 bits per heavy atom. The number of benzene rings is 1. The Labute approximate surface area is 203 Å². The van der Waals surface area contributed by atoms with E-state index in [1.807, 2.05) is 12.1 Å². The molecule has 188 valence electrons. The van der Waals surface area contributed by atoms with Gasteiger partial charge in [-0.2, -0.15) is 0 Å². The number of carboxylic acid groups (broad SMARTS) is 1. The number of nitrogens with one attached hydrogen (secondary N) is 2. The van der Waals surface area contributed by atoms with E-state index in [4.69, 9.17) is 5.11 Å². The first-order valence-electron chi connectivity index (χ1n) is 13.1. The average Bonchev–Trinajstić information content (AvgIpc) is 2.75. The lowest BCUT2D eigenvalue weighted by atomic mass is 10.1. The third-order valence-corrected chi connectivity index (χ3v) is 7.90. The lowest BCUT2D eigenvalue weighted by Gasteiger charge is -2.14. The molecule has 0 spiro atoms. The number of carbonyl (C=O) groups excluding carboxylic acids is 1. The first kappa shape index (κ1) is 29.2. The van der Waals surface area contributed by atoms with Crippen LogP contribution in [-0.4, -0.2) is 37.6 Å². The van der Waals surface area contributed by atoms with Crippen molar-refractivity contribution in [3.63, 3.8) is 0 Å². The molecule has 0 aliphatic rings. The molecule has 0 bridgehead atoms. The summed E-state index contributed by atoms with van der Waals surface area (Å²) >= 11 is 0. The van der Waals surface area contributed by atoms with Gasteiger partial charge in [0, 0.05) is 25.9 Å². The summed E-state index contributed by atoms with van der Waals surface area (Å²) in [5, 5.41) is 14.7. The van der Waals surface area contributed by atoms with Crippen molar-refractivity contribution in [2.75, 3.05) is 11.9 Å². The first-order chi connectivity index (χ1) is 15.7. The number of anilines is 1. The van der Waals surface area contributed by atoms with Crippen LogP contribution in [0.15, 0.2) is 24.3 Å². The first-order valence-corrected chi connectivity index (χ1v) is 16.8. The van der Waals surface area contributed by atoms with E-state index in [1.165, 1.54) is 83.6 Å². The van der Waals surface area contributed by atoms with Crippen LogP contribution in [-0.2, 0) is 4.79 Å². The molecule has 1 amide bonds. The Kier molecular flexibility index (Phi) is 14.8. The van der Waals surface area contributed by atoms with E-state index in [2.05, 4.69) is 30.3 Å². The SMILES string of the molecule is C[C@H](NC(=O)c1ccc(NCCCCCCCCCCCCCC[Si](C)(C)C)cc1)C(=O)O. The normalized spacial score (nSPS) is 12.4. The van der Waals surface area contributed by atoms with Crippen LogP contribution in [0.3, 0.4) is 0 Å². The van der Waals surface area contributed by atoms with Crippen molar-refractivity contribution in [2.45, 2.75) is 116 Å². The van der Waals surface area contributed by atoms with E-state index in [9.17, 15) is 9.59 Å². The lowest BCUT2D eigenvalue weighted by molar-refractivity contribution is -0.138. The molecule has 0 radical (unpaired) electrons. The van der Waals surface area contributed by atoms with Gasteiger partial charge in [0.15, 0.2) is 0 Å². The summed E-state index contributed by atoms with van der Waals surface area (Å²) in [5.41, 5.74) is 1.45. The van der Waals surface area contributed by atoms with Gasteiger partial charge in [-0.25, -0.2) is 0 Å². The summed E-state index contributed by atoms with van der Waals surface area (Å²) < 4.78 is 0. The summed E-state index contributed by atoms with van der Waals surface area (Å²) in [6.45, 7) is 9.80. The molecule has 1 aromatic rings. The van der Waals surface area contributed by atoms with Crippen LogP contribution < -0.4 is 10.6 Å². The van der Waals surface area contributed by atoms with Crippen molar-refractivity contribution >= 4 is 25.6 Å². The molecule has 0 heterocycles. The third-order valence-electron chi connectivity index (χ3n) is 6.05. The standard InChI is InChI=1S/C27H48N2O3Si/c1-23(27(31)32)29-26(30)24-17-19-25(20-18-24)28-21-15-13-11-9-7-5-6-8-10-12-14-16-22-33(2,3)4/h17-20,23,28H,5-16,21-22H2,1-4H3,(H,29,30)(H,31,32)/t23-/m0/s1. The zero-order valence-corrected chi connectivity index (χ0v) is 22.5. The number of hydrogen-bond donors (Lipinski definition) is 3. The molecule has 0 saturated carbocycles. The fraction of sp³-hybridized carbons (Fsp3) is 0.704. The number of aliphatic carboxylic acids is 1. The average molecular weight is 477 g/mol. The molecule has 1 aromatic carbocycles. The Morgan fingerprint density at radius 1 is 0.788 bits per heavy atom. The second kappa shape index (κ2) is 16.7. The topological polar surface area (TPSA) is 78.4 Å². The quantitative estimate of drug-likeness (QED) is 0.144. The summed E-state index contributed by atoms with van der Waals surface area (Å²) in [4.78, 5) is 22.8. The second-order valence-electron chi connectivity index (χ2n) is 10.6. The highest BCUT2D eigenvalue weighted by molar-refractivity contribution is 6.76. The summed E-state index contributed by atoms with van der Waals surface area (Å²) in [7, 11) is -0.823. The minimum atomic E-state index is -1.04. The van der Waals surface area contributed by atoms with E-state index in [1.54, 1.807) is 12.1 Å². The highest BCUT2D eigenvalue weighted by Crippen LogP contribution is 2.17. The maximum Gasteiger partial charge on any atom is 0.325 e. The number of unbranched alkanes of at least 4 members (excludes halogenated alkanes) is 11. The zero-order chi connectivity index (χ0) is 24.5. The molecule has 33 heavy (non-hydrogen) atoms. The molecule has 0 aliphatic carbocycles. The number of rotatable bonds is 19. The highest BCUT2D eigenvalue weighted by Gasteiger charge is 2.15. The van der Waals surface area contributed by atoms with Crippen molar-refractivity contribution in [3.8, 4) is 0 Å². The third kappa shape index (κ3) is 15.6. The van der Waals surface area contributed by atoms with E-state index >= 15 is 0 Å². The van der Waals surface area contributed by atoms with Crippen molar-refractivity contribution in [3.05, 3.63) is 29.8 Å². The molecule has 0 aromatic heterocycles. The number of carboxylic acids is 1. The number of hydrogen-bond acceptors (Lipinski definition) is 3. The van der Waals surface area contributed by atoms with E-state index in [0.29, 0.717) is 5.56 Å². The summed E-state index contributed by atoms with van der Waals surface area (Å²) in [5.74, 6) is -1.41.